The highest BCUT2D eigenvalue weighted by Crippen LogP contribution is 2.36. The van der Waals surface area contributed by atoms with E-state index < -0.39 is 6.04 Å². The molecule has 2 aromatic rings. The second-order valence-corrected chi connectivity index (χ2v) is 6.01. The highest BCUT2D eigenvalue weighted by molar-refractivity contribution is 9.10. The van der Waals surface area contributed by atoms with Crippen LogP contribution in [-0.4, -0.2) is 5.91 Å². The van der Waals surface area contributed by atoms with Crippen molar-refractivity contribution in [2.75, 3.05) is 4.90 Å². The summed E-state index contributed by atoms with van der Waals surface area (Å²) in [6.45, 7) is 2.55. The van der Waals surface area contributed by atoms with Gasteiger partial charge in [-0.3, -0.25) is 4.79 Å². The SMILES string of the molecule is Cc1ccc2c(c1)C(N)C(=O)N2Cc1cccc(Br)c1. The molecule has 3 rings (SSSR count). The fraction of sp³-hybridized carbons (Fsp3) is 0.188. The number of nitrogens with two attached hydrogens (primary N) is 1. The molecular formula is C16H15BrN2O. The summed E-state index contributed by atoms with van der Waals surface area (Å²) < 4.78 is 1.01. The maximum atomic E-state index is 12.4. The van der Waals surface area contributed by atoms with Crippen LogP contribution < -0.4 is 10.6 Å². The van der Waals surface area contributed by atoms with Crippen molar-refractivity contribution in [3.8, 4) is 0 Å². The van der Waals surface area contributed by atoms with E-state index >= 15 is 0 Å². The molecule has 0 radical (unpaired) electrons. The van der Waals surface area contributed by atoms with Crippen molar-refractivity contribution in [3.05, 3.63) is 63.6 Å². The first-order chi connectivity index (χ1) is 9.56. The van der Waals surface area contributed by atoms with E-state index in [1.807, 2.05) is 49.4 Å². The molecule has 102 valence electrons. The zero-order chi connectivity index (χ0) is 14.3. The zero-order valence-electron chi connectivity index (χ0n) is 11.1. The standard InChI is InChI=1S/C16H15BrN2O/c1-10-5-6-14-13(7-10)15(18)16(20)19(14)9-11-3-2-4-12(17)8-11/h2-8,15H,9,18H2,1H3. The Morgan fingerprint density at radius 1 is 1.25 bits per heavy atom. The van der Waals surface area contributed by atoms with Gasteiger partial charge in [0.15, 0.2) is 0 Å². The van der Waals surface area contributed by atoms with E-state index in [-0.39, 0.29) is 5.91 Å². The summed E-state index contributed by atoms with van der Waals surface area (Å²) in [5.74, 6) is -0.0365. The number of rotatable bonds is 2. The lowest BCUT2D eigenvalue weighted by Gasteiger charge is -2.18. The van der Waals surface area contributed by atoms with Crippen LogP contribution in [0.25, 0.3) is 0 Å². The van der Waals surface area contributed by atoms with Crippen molar-refractivity contribution < 1.29 is 4.79 Å². The summed E-state index contributed by atoms with van der Waals surface area (Å²) in [4.78, 5) is 14.1. The van der Waals surface area contributed by atoms with E-state index in [1.54, 1.807) is 4.90 Å². The van der Waals surface area contributed by atoms with Crippen LogP contribution in [-0.2, 0) is 11.3 Å². The Kier molecular flexibility index (Phi) is 3.36. The molecule has 1 unspecified atom stereocenters. The third-order valence-electron chi connectivity index (χ3n) is 3.57. The van der Waals surface area contributed by atoms with Crippen LogP contribution in [0.3, 0.4) is 0 Å². The molecule has 4 heteroatoms. The summed E-state index contributed by atoms with van der Waals surface area (Å²) in [5.41, 5.74) is 10.1. The monoisotopic (exact) mass is 330 g/mol. The predicted molar refractivity (Wildman–Crippen MR) is 83.4 cm³/mol. The van der Waals surface area contributed by atoms with Crippen LogP contribution in [0, 0.1) is 6.92 Å². The van der Waals surface area contributed by atoms with Gasteiger partial charge in [-0.2, -0.15) is 0 Å². The van der Waals surface area contributed by atoms with Gasteiger partial charge in [0.1, 0.15) is 6.04 Å². The van der Waals surface area contributed by atoms with Gasteiger partial charge < -0.3 is 10.6 Å². The van der Waals surface area contributed by atoms with Crippen molar-refractivity contribution in [1.82, 2.24) is 0 Å². The molecule has 20 heavy (non-hydrogen) atoms. The smallest absolute Gasteiger partial charge is 0.248 e. The Hall–Kier alpha value is -1.65. The van der Waals surface area contributed by atoms with E-state index in [2.05, 4.69) is 15.9 Å². The number of carbonyl (C=O) groups excluding carboxylic acids is 1. The highest BCUT2D eigenvalue weighted by atomic mass is 79.9. The van der Waals surface area contributed by atoms with E-state index in [1.165, 1.54) is 0 Å². The molecule has 0 saturated heterocycles. The van der Waals surface area contributed by atoms with Gasteiger partial charge in [-0.05, 0) is 30.7 Å². The average Bonchev–Trinajstić information content (AvgIpc) is 2.64. The van der Waals surface area contributed by atoms with Crippen molar-refractivity contribution >= 4 is 27.5 Å². The van der Waals surface area contributed by atoms with Gasteiger partial charge >= 0.3 is 0 Å². The molecule has 2 aromatic carbocycles. The number of amides is 1. The Labute approximate surface area is 126 Å². The minimum Gasteiger partial charge on any atom is -0.316 e. The van der Waals surface area contributed by atoms with Crippen LogP contribution in [0.5, 0.6) is 0 Å². The molecule has 1 atom stereocenters. The third-order valence-corrected chi connectivity index (χ3v) is 4.06. The van der Waals surface area contributed by atoms with Crippen molar-refractivity contribution in [2.45, 2.75) is 19.5 Å². The molecule has 1 aliphatic rings. The molecule has 0 saturated carbocycles. The topological polar surface area (TPSA) is 46.3 Å². The van der Waals surface area contributed by atoms with Crippen molar-refractivity contribution in [1.29, 1.82) is 0 Å². The number of aryl methyl sites for hydroxylation is 1. The second-order valence-electron chi connectivity index (χ2n) is 5.09. The number of hydrogen-bond acceptors (Lipinski definition) is 2. The first-order valence-corrected chi connectivity index (χ1v) is 7.27. The largest absolute Gasteiger partial charge is 0.316 e. The molecule has 0 aliphatic carbocycles. The third kappa shape index (κ3) is 2.25. The quantitative estimate of drug-likeness (QED) is 0.918. The number of nitrogens with zero attached hydrogens (tertiary/aromatic N) is 1. The second kappa shape index (κ2) is 5.04. The van der Waals surface area contributed by atoms with Crippen molar-refractivity contribution in [3.63, 3.8) is 0 Å². The first-order valence-electron chi connectivity index (χ1n) is 6.48. The maximum Gasteiger partial charge on any atom is 0.248 e. The van der Waals surface area contributed by atoms with Gasteiger partial charge in [0.25, 0.3) is 0 Å². The molecule has 1 amide bonds. The zero-order valence-corrected chi connectivity index (χ0v) is 12.7. The van der Waals surface area contributed by atoms with Crippen molar-refractivity contribution in [2.24, 2.45) is 5.73 Å². The molecule has 2 N–H and O–H groups in total. The number of anilines is 1. The van der Waals surface area contributed by atoms with Gasteiger partial charge in [0, 0.05) is 15.7 Å². The number of fused-ring (bicyclic) bond motifs is 1. The molecule has 0 bridgehead atoms. The number of benzene rings is 2. The number of halogens is 1. The van der Waals surface area contributed by atoms with Crippen LogP contribution >= 0.6 is 15.9 Å². The summed E-state index contributed by atoms with van der Waals surface area (Å²) in [5, 5.41) is 0. The van der Waals surface area contributed by atoms with Gasteiger partial charge in [-0.1, -0.05) is 45.8 Å². The maximum absolute atomic E-state index is 12.4. The van der Waals surface area contributed by atoms with Crippen LogP contribution in [0.4, 0.5) is 5.69 Å². The lowest BCUT2D eigenvalue weighted by molar-refractivity contribution is -0.119. The highest BCUT2D eigenvalue weighted by Gasteiger charge is 2.34. The van der Waals surface area contributed by atoms with Crippen LogP contribution in [0.15, 0.2) is 46.9 Å². The predicted octanol–water partition coefficient (Wildman–Crippen LogP) is 3.30. The van der Waals surface area contributed by atoms with E-state index in [0.29, 0.717) is 6.54 Å². The summed E-state index contributed by atoms with van der Waals surface area (Å²) >= 11 is 3.45. The first kappa shape index (κ1) is 13.3. The molecule has 1 aliphatic heterocycles. The van der Waals surface area contributed by atoms with E-state index in [4.69, 9.17) is 5.73 Å². The van der Waals surface area contributed by atoms with E-state index in [0.717, 1.165) is 26.9 Å². The lowest BCUT2D eigenvalue weighted by atomic mass is 10.1. The van der Waals surface area contributed by atoms with Gasteiger partial charge in [-0.25, -0.2) is 0 Å². The molecule has 0 aromatic heterocycles. The summed E-state index contributed by atoms with van der Waals surface area (Å²) in [6.07, 6.45) is 0. The average molecular weight is 331 g/mol. The van der Waals surface area contributed by atoms with Gasteiger partial charge in [0.2, 0.25) is 5.91 Å². The summed E-state index contributed by atoms with van der Waals surface area (Å²) in [6, 6.07) is 13.4. The lowest BCUT2D eigenvalue weighted by Crippen LogP contribution is -2.31. The Balaban J connectivity index is 1.97. The Morgan fingerprint density at radius 2 is 2.05 bits per heavy atom. The molecule has 0 fully saturated rings. The van der Waals surface area contributed by atoms with Crippen LogP contribution in [0.1, 0.15) is 22.7 Å². The minimum absolute atomic E-state index is 0.0365. The minimum atomic E-state index is -0.544. The molecular weight excluding hydrogens is 316 g/mol. The summed E-state index contributed by atoms with van der Waals surface area (Å²) in [7, 11) is 0. The Morgan fingerprint density at radius 3 is 2.80 bits per heavy atom. The fourth-order valence-electron chi connectivity index (χ4n) is 2.57. The fourth-order valence-corrected chi connectivity index (χ4v) is 3.02. The Bertz CT molecular complexity index is 684. The molecule has 0 spiro atoms. The molecule has 1 heterocycles. The van der Waals surface area contributed by atoms with Gasteiger partial charge in [0.05, 0.1) is 6.54 Å². The molecule has 3 nitrogen and oxygen atoms in total. The van der Waals surface area contributed by atoms with Gasteiger partial charge in [-0.15, -0.1) is 0 Å². The number of carbonyl (C=O) groups is 1. The normalized spacial score (nSPS) is 17.4. The number of hydrogen-bond donors (Lipinski definition) is 1. The van der Waals surface area contributed by atoms with Crippen LogP contribution in [0.2, 0.25) is 0 Å². The van der Waals surface area contributed by atoms with E-state index in [9.17, 15) is 4.79 Å².